The van der Waals surface area contributed by atoms with Gasteiger partial charge in [0.1, 0.15) is 18.5 Å². The highest BCUT2D eigenvalue weighted by Gasteiger charge is 2.21. The molecule has 2 aromatic carbocycles. The average molecular weight is 382 g/mol. The van der Waals surface area contributed by atoms with E-state index in [1.54, 1.807) is 12.1 Å². The van der Waals surface area contributed by atoms with Crippen LogP contribution in [0.1, 0.15) is 5.56 Å². The van der Waals surface area contributed by atoms with Crippen LogP contribution in [0.15, 0.2) is 42.5 Å². The van der Waals surface area contributed by atoms with Gasteiger partial charge in [0.05, 0.1) is 12.3 Å². The van der Waals surface area contributed by atoms with Gasteiger partial charge in [0.25, 0.3) is 0 Å². The fourth-order valence-electron chi connectivity index (χ4n) is 2.36. The molecule has 0 saturated heterocycles. The van der Waals surface area contributed by atoms with Crippen LogP contribution in [0, 0.1) is 5.82 Å². The minimum Gasteiger partial charge on any atom is -0.486 e. The molecule has 0 saturated carbocycles. The van der Waals surface area contributed by atoms with Crippen molar-refractivity contribution in [2.75, 3.05) is 18.9 Å². The van der Waals surface area contributed by atoms with Crippen LogP contribution in [0.2, 0.25) is 5.02 Å². The number of ether oxygens (including phenoxy) is 2. The van der Waals surface area contributed by atoms with Gasteiger partial charge >= 0.3 is 0 Å². The zero-order valence-corrected chi connectivity index (χ0v) is 14.9. The zero-order chi connectivity index (χ0) is 17.6. The molecule has 1 atom stereocenters. The van der Waals surface area contributed by atoms with Crippen LogP contribution >= 0.6 is 23.4 Å². The van der Waals surface area contributed by atoms with Crippen LogP contribution in [-0.4, -0.2) is 30.9 Å². The normalized spacial score (nSPS) is 15.7. The molecule has 1 heterocycles. The minimum atomic E-state index is -0.355. The number of thioether (sulfide) groups is 1. The van der Waals surface area contributed by atoms with Gasteiger partial charge in [-0.1, -0.05) is 29.8 Å². The SMILES string of the molecule is O=C(CSCc1c(F)cccc1Cl)NC[C@@H]1COc2ccccc2O1. The number of hydrogen-bond donors (Lipinski definition) is 1. The molecule has 0 bridgehead atoms. The van der Waals surface area contributed by atoms with Crippen molar-refractivity contribution >= 4 is 29.3 Å². The van der Waals surface area contributed by atoms with Crippen molar-refractivity contribution < 1.29 is 18.7 Å². The third-order valence-electron chi connectivity index (χ3n) is 3.64. The van der Waals surface area contributed by atoms with Crippen molar-refractivity contribution in [2.24, 2.45) is 0 Å². The highest BCUT2D eigenvalue weighted by Crippen LogP contribution is 2.30. The summed E-state index contributed by atoms with van der Waals surface area (Å²) in [5, 5.41) is 3.18. The van der Waals surface area contributed by atoms with Crippen LogP contribution in [-0.2, 0) is 10.5 Å². The second kappa shape index (κ2) is 8.45. The molecule has 1 N–H and O–H groups in total. The smallest absolute Gasteiger partial charge is 0.230 e. The summed E-state index contributed by atoms with van der Waals surface area (Å²) in [6.07, 6.45) is -0.232. The topological polar surface area (TPSA) is 47.6 Å². The van der Waals surface area contributed by atoms with E-state index in [2.05, 4.69) is 5.32 Å². The van der Waals surface area contributed by atoms with E-state index in [0.717, 1.165) is 0 Å². The number of halogens is 2. The van der Waals surface area contributed by atoms with Crippen LogP contribution in [0.3, 0.4) is 0 Å². The van der Waals surface area contributed by atoms with E-state index in [-0.39, 0.29) is 23.6 Å². The summed E-state index contributed by atoms with van der Waals surface area (Å²) in [7, 11) is 0. The summed E-state index contributed by atoms with van der Waals surface area (Å²) < 4.78 is 25.0. The Hall–Kier alpha value is -1.92. The number of amides is 1. The van der Waals surface area contributed by atoms with Gasteiger partial charge in [-0.25, -0.2) is 4.39 Å². The number of nitrogens with one attached hydrogen (secondary N) is 1. The van der Waals surface area contributed by atoms with Crippen molar-refractivity contribution in [3.63, 3.8) is 0 Å². The molecular formula is C18H17ClFNO3S. The lowest BCUT2D eigenvalue weighted by Crippen LogP contribution is -2.41. The molecule has 3 rings (SSSR count). The van der Waals surface area contributed by atoms with Crippen molar-refractivity contribution in [3.8, 4) is 11.5 Å². The summed E-state index contributed by atoms with van der Waals surface area (Å²) in [6, 6.07) is 12.0. The highest BCUT2D eigenvalue weighted by molar-refractivity contribution is 7.99. The van der Waals surface area contributed by atoms with E-state index in [0.29, 0.717) is 41.0 Å². The highest BCUT2D eigenvalue weighted by atomic mass is 35.5. The molecule has 1 amide bonds. The van der Waals surface area contributed by atoms with Crippen molar-refractivity contribution in [3.05, 3.63) is 58.9 Å². The number of rotatable bonds is 6. The molecule has 0 fully saturated rings. The van der Waals surface area contributed by atoms with Crippen LogP contribution in [0.25, 0.3) is 0 Å². The van der Waals surface area contributed by atoms with Crippen LogP contribution in [0.4, 0.5) is 4.39 Å². The monoisotopic (exact) mass is 381 g/mol. The number of carbonyl (C=O) groups excluding carboxylic acids is 1. The third-order valence-corrected chi connectivity index (χ3v) is 4.95. The van der Waals surface area contributed by atoms with Crippen molar-refractivity contribution in [1.29, 1.82) is 0 Å². The van der Waals surface area contributed by atoms with Crippen LogP contribution < -0.4 is 14.8 Å². The second-order valence-corrected chi connectivity index (χ2v) is 6.89. The summed E-state index contributed by atoms with van der Waals surface area (Å²) >= 11 is 7.27. The van der Waals surface area contributed by atoms with E-state index in [9.17, 15) is 9.18 Å². The van der Waals surface area contributed by atoms with Gasteiger partial charge in [0.2, 0.25) is 5.91 Å². The first kappa shape index (κ1) is 17.9. The lowest BCUT2D eigenvalue weighted by Gasteiger charge is -2.26. The lowest BCUT2D eigenvalue weighted by atomic mass is 10.2. The maximum atomic E-state index is 13.7. The van der Waals surface area contributed by atoms with Crippen molar-refractivity contribution in [1.82, 2.24) is 5.32 Å². The van der Waals surface area contributed by atoms with Gasteiger partial charge in [-0.3, -0.25) is 4.79 Å². The lowest BCUT2D eigenvalue weighted by molar-refractivity contribution is -0.119. The molecule has 25 heavy (non-hydrogen) atoms. The Morgan fingerprint density at radius 3 is 2.84 bits per heavy atom. The van der Waals surface area contributed by atoms with Gasteiger partial charge in [-0.2, -0.15) is 0 Å². The fourth-order valence-corrected chi connectivity index (χ4v) is 3.55. The molecule has 0 radical (unpaired) electrons. The molecular weight excluding hydrogens is 365 g/mol. The molecule has 0 aliphatic carbocycles. The number of benzene rings is 2. The largest absolute Gasteiger partial charge is 0.486 e. The minimum absolute atomic E-state index is 0.139. The number of carbonyl (C=O) groups is 1. The average Bonchev–Trinajstić information content (AvgIpc) is 2.62. The molecule has 0 spiro atoms. The Labute approximate surface area is 154 Å². The summed E-state index contributed by atoms with van der Waals surface area (Å²) in [6.45, 7) is 0.740. The van der Waals surface area contributed by atoms with Gasteiger partial charge in [0, 0.05) is 16.3 Å². The fraction of sp³-hybridized carbons (Fsp3) is 0.278. The Morgan fingerprint density at radius 2 is 2.04 bits per heavy atom. The molecule has 0 aromatic heterocycles. The Morgan fingerprint density at radius 1 is 1.24 bits per heavy atom. The molecule has 4 nitrogen and oxygen atoms in total. The van der Waals surface area contributed by atoms with Crippen LogP contribution in [0.5, 0.6) is 11.5 Å². The van der Waals surface area contributed by atoms with E-state index in [1.165, 1.54) is 17.8 Å². The van der Waals surface area contributed by atoms with Gasteiger partial charge in [0.15, 0.2) is 11.5 Å². The van der Waals surface area contributed by atoms with Gasteiger partial charge in [-0.05, 0) is 24.3 Å². The number of fused-ring (bicyclic) bond motifs is 1. The van der Waals surface area contributed by atoms with Gasteiger partial charge < -0.3 is 14.8 Å². The van der Waals surface area contributed by atoms with E-state index in [1.807, 2.05) is 24.3 Å². The molecule has 1 aliphatic rings. The third kappa shape index (κ3) is 4.80. The van der Waals surface area contributed by atoms with E-state index < -0.39 is 0 Å². The predicted octanol–water partition coefficient (Wildman–Crippen LogP) is 3.67. The molecule has 132 valence electrons. The van der Waals surface area contributed by atoms with Crippen molar-refractivity contribution in [2.45, 2.75) is 11.9 Å². The zero-order valence-electron chi connectivity index (χ0n) is 13.3. The first-order chi connectivity index (χ1) is 12.1. The quantitative estimate of drug-likeness (QED) is 0.829. The standard InChI is InChI=1S/C18H17ClFNO3S/c19-14-4-3-5-15(20)13(14)10-25-11-18(22)21-8-12-9-23-16-6-1-2-7-17(16)24-12/h1-7,12H,8-11H2,(H,21,22)/t12-/m1/s1. The molecule has 0 unspecified atom stereocenters. The number of para-hydroxylation sites is 2. The molecule has 2 aromatic rings. The summed E-state index contributed by atoms with van der Waals surface area (Å²) in [5.74, 6) is 1.45. The molecule has 1 aliphatic heterocycles. The van der Waals surface area contributed by atoms with E-state index in [4.69, 9.17) is 21.1 Å². The first-order valence-corrected chi connectivity index (χ1v) is 9.32. The summed E-state index contributed by atoms with van der Waals surface area (Å²) in [4.78, 5) is 11.9. The second-order valence-electron chi connectivity index (χ2n) is 5.49. The predicted molar refractivity (Wildman–Crippen MR) is 96.9 cm³/mol. The Bertz CT molecular complexity index is 739. The Balaban J connectivity index is 1.40. The van der Waals surface area contributed by atoms with Gasteiger partial charge in [-0.15, -0.1) is 11.8 Å². The summed E-state index contributed by atoms with van der Waals surface area (Å²) in [5.41, 5.74) is 0.419. The maximum absolute atomic E-state index is 13.7. The van der Waals surface area contributed by atoms with E-state index >= 15 is 0 Å². The first-order valence-electron chi connectivity index (χ1n) is 7.79. The Kier molecular flexibility index (Phi) is 6.04. The number of hydrogen-bond acceptors (Lipinski definition) is 4. The maximum Gasteiger partial charge on any atom is 0.230 e. The molecule has 7 heteroatoms.